The number of rotatable bonds is 7. The molecule has 0 saturated heterocycles. The Hall–Kier alpha value is -2.88. The van der Waals surface area contributed by atoms with Gasteiger partial charge in [0.05, 0.1) is 12.5 Å². The molecule has 0 fully saturated rings. The number of benzene rings is 2. The van der Waals surface area contributed by atoms with E-state index in [0.717, 1.165) is 28.0 Å². The Labute approximate surface area is 166 Å². The third-order valence-electron chi connectivity index (χ3n) is 5.12. The van der Waals surface area contributed by atoms with Crippen LogP contribution in [0.5, 0.6) is 5.75 Å². The molecule has 0 radical (unpaired) electrons. The Bertz CT molecular complexity index is 850. The van der Waals surface area contributed by atoms with Gasteiger partial charge in [-0.25, -0.2) is 0 Å². The quantitative estimate of drug-likeness (QED) is 0.657. The first kappa shape index (κ1) is 19.9. The van der Waals surface area contributed by atoms with E-state index in [1.807, 2.05) is 61.5 Å². The number of hydrogen-bond donors (Lipinski definition) is 0. The first-order chi connectivity index (χ1) is 13.6. The molecule has 0 spiro atoms. The van der Waals surface area contributed by atoms with E-state index >= 15 is 0 Å². The molecule has 4 nitrogen and oxygen atoms in total. The zero-order valence-corrected chi connectivity index (χ0v) is 16.4. The average molecular weight is 378 g/mol. The minimum atomic E-state index is -0.305. The topological polar surface area (TPSA) is 52.6 Å². The second-order valence-corrected chi connectivity index (χ2v) is 7.02. The van der Waals surface area contributed by atoms with Crippen molar-refractivity contribution in [3.05, 3.63) is 76.9 Å². The van der Waals surface area contributed by atoms with Crippen LogP contribution in [0.1, 0.15) is 37.8 Å². The van der Waals surface area contributed by atoms with Gasteiger partial charge in [0.25, 0.3) is 0 Å². The summed E-state index contributed by atoms with van der Waals surface area (Å²) in [6.07, 6.45) is 1.47. The van der Waals surface area contributed by atoms with Crippen molar-refractivity contribution in [2.45, 2.75) is 39.7 Å². The van der Waals surface area contributed by atoms with Gasteiger partial charge in [-0.1, -0.05) is 48.0 Å². The maximum absolute atomic E-state index is 12.4. The molecule has 0 heterocycles. The largest absolute Gasteiger partial charge is 0.489 e. The second kappa shape index (κ2) is 9.36. The number of esters is 1. The lowest BCUT2D eigenvalue weighted by atomic mass is 9.80. The Kier molecular flexibility index (Phi) is 6.64. The lowest BCUT2D eigenvalue weighted by Crippen LogP contribution is -2.27. The highest BCUT2D eigenvalue weighted by Crippen LogP contribution is 2.31. The predicted molar refractivity (Wildman–Crippen MR) is 108 cm³/mol. The van der Waals surface area contributed by atoms with Crippen LogP contribution in [-0.2, 0) is 27.4 Å². The fraction of sp³-hybridized carbons (Fsp3) is 0.333. The summed E-state index contributed by atoms with van der Waals surface area (Å²) in [5.41, 5.74) is 3.73. The summed E-state index contributed by atoms with van der Waals surface area (Å²) in [6, 6.07) is 17.8. The van der Waals surface area contributed by atoms with Crippen molar-refractivity contribution < 1.29 is 19.1 Å². The van der Waals surface area contributed by atoms with Gasteiger partial charge in [0.2, 0.25) is 0 Å². The van der Waals surface area contributed by atoms with Crippen molar-refractivity contribution in [1.82, 2.24) is 0 Å². The monoisotopic (exact) mass is 378 g/mol. The van der Waals surface area contributed by atoms with Gasteiger partial charge >= 0.3 is 5.97 Å². The van der Waals surface area contributed by atoms with Crippen LogP contribution in [0.3, 0.4) is 0 Å². The summed E-state index contributed by atoms with van der Waals surface area (Å²) in [4.78, 5) is 24.6. The minimum absolute atomic E-state index is 0.127. The van der Waals surface area contributed by atoms with Gasteiger partial charge in [-0.15, -0.1) is 0 Å². The van der Waals surface area contributed by atoms with Crippen LogP contribution in [0, 0.1) is 5.92 Å². The van der Waals surface area contributed by atoms with Gasteiger partial charge < -0.3 is 9.47 Å². The lowest BCUT2D eigenvalue weighted by Gasteiger charge is -2.24. The van der Waals surface area contributed by atoms with Crippen molar-refractivity contribution in [2.75, 3.05) is 6.61 Å². The lowest BCUT2D eigenvalue weighted by molar-refractivity contribution is -0.147. The van der Waals surface area contributed by atoms with Gasteiger partial charge in [-0.3, -0.25) is 9.59 Å². The van der Waals surface area contributed by atoms with E-state index in [0.29, 0.717) is 32.5 Å². The Balaban J connectivity index is 1.67. The van der Waals surface area contributed by atoms with E-state index in [-0.39, 0.29) is 17.7 Å². The highest BCUT2D eigenvalue weighted by Gasteiger charge is 2.31. The van der Waals surface area contributed by atoms with Crippen LogP contribution < -0.4 is 4.74 Å². The number of ketones is 1. The number of ether oxygens (including phenoxy) is 2. The molecule has 1 aliphatic rings. The van der Waals surface area contributed by atoms with Gasteiger partial charge in [0, 0.05) is 12.8 Å². The first-order valence-electron chi connectivity index (χ1n) is 9.73. The zero-order chi connectivity index (χ0) is 19.9. The first-order valence-corrected chi connectivity index (χ1v) is 9.73. The maximum atomic E-state index is 12.4. The van der Waals surface area contributed by atoms with Crippen molar-refractivity contribution in [3.63, 3.8) is 0 Å². The standard InChI is InChI=1S/C24H26O4/c1-3-27-24(26)21-13-14-23(25)22(17(21)2)15-18-9-11-20(12-10-18)28-16-19-7-5-4-6-8-19/h4-12,21H,3,13-16H2,1-2H3. The average Bonchev–Trinajstić information content (AvgIpc) is 2.71. The van der Waals surface area contributed by atoms with Crippen LogP contribution in [0.2, 0.25) is 0 Å². The third kappa shape index (κ3) is 4.89. The summed E-state index contributed by atoms with van der Waals surface area (Å²) in [6.45, 7) is 4.55. The van der Waals surface area contributed by atoms with E-state index in [1.54, 1.807) is 6.92 Å². The highest BCUT2D eigenvalue weighted by molar-refractivity contribution is 5.99. The molecule has 1 unspecified atom stereocenters. The van der Waals surface area contributed by atoms with E-state index in [1.165, 1.54) is 0 Å². The van der Waals surface area contributed by atoms with Gasteiger partial charge in [0.1, 0.15) is 12.4 Å². The molecule has 1 atom stereocenters. The van der Waals surface area contributed by atoms with E-state index in [2.05, 4.69) is 0 Å². The highest BCUT2D eigenvalue weighted by atomic mass is 16.5. The van der Waals surface area contributed by atoms with Crippen molar-refractivity contribution in [1.29, 1.82) is 0 Å². The van der Waals surface area contributed by atoms with Crippen LogP contribution in [-0.4, -0.2) is 18.4 Å². The predicted octanol–water partition coefficient (Wildman–Crippen LogP) is 4.67. The zero-order valence-electron chi connectivity index (χ0n) is 16.4. The summed E-state index contributed by atoms with van der Waals surface area (Å²) < 4.78 is 11.0. The molecular weight excluding hydrogens is 352 g/mol. The molecule has 4 heteroatoms. The molecule has 1 aliphatic carbocycles. The van der Waals surface area contributed by atoms with Crippen molar-refractivity contribution >= 4 is 11.8 Å². The normalized spacial score (nSPS) is 16.8. The fourth-order valence-electron chi connectivity index (χ4n) is 3.50. The summed E-state index contributed by atoms with van der Waals surface area (Å²) in [7, 11) is 0. The molecule has 2 aromatic carbocycles. The molecule has 3 rings (SSSR count). The summed E-state index contributed by atoms with van der Waals surface area (Å²) >= 11 is 0. The molecule has 28 heavy (non-hydrogen) atoms. The number of carbonyl (C=O) groups excluding carboxylic acids is 2. The van der Waals surface area contributed by atoms with Crippen LogP contribution >= 0.6 is 0 Å². The number of allylic oxidation sites excluding steroid dienone is 1. The number of hydrogen-bond acceptors (Lipinski definition) is 4. The summed E-state index contributed by atoms with van der Waals surface area (Å²) in [5, 5.41) is 0. The van der Waals surface area contributed by atoms with Crippen LogP contribution in [0.4, 0.5) is 0 Å². The Morgan fingerprint density at radius 1 is 1.04 bits per heavy atom. The molecule has 146 valence electrons. The molecule has 2 aromatic rings. The SMILES string of the molecule is CCOC(=O)C1CCC(=O)C(Cc2ccc(OCc3ccccc3)cc2)=C1C. The molecular formula is C24H26O4. The molecule has 0 bridgehead atoms. The Morgan fingerprint density at radius 3 is 2.43 bits per heavy atom. The van der Waals surface area contributed by atoms with Crippen LogP contribution in [0.25, 0.3) is 0 Å². The second-order valence-electron chi connectivity index (χ2n) is 7.02. The van der Waals surface area contributed by atoms with E-state index < -0.39 is 0 Å². The van der Waals surface area contributed by atoms with E-state index in [9.17, 15) is 9.59 Å². The summed E-state index contributed by atoms with van der Waals surface area (Å²) in [5.74, 6) is 0.385. The number of Topliss-reactive ketones (excluding diaryl/α,β-unsaturated/α-hetero) is 1. The smallest absolute Gasteiger partial charge is 0.313 e. The van der Waals surface area contributed by atoms with Crippen molar-refractivity contribution in [2.24, 2.45) is 5.92 Å². The van der Waals surface area contributed by atoms with Gasteiger partial charge in [-0.2, -0.15) is 0 Å². The molecule has 0 amide bonds. The maximum Gasteiger partial charge on any atom is 0.313 e. The molecule has 0 aliphatic heterocycles. The molecule has 0 saturated carbocycles. The molecule has 0 N–H and O–H groups in total. The van der Waals surface area contributed by atoms with Crippen LogP contribution in [0.15, 0.2) is 65.7 Å². The molecule has 0 aromatic heterocycles. The minimum Gasteiger partial charge on any atom is -0.489 e. The third-order valence-corrected chi connectivity index (χ3v) is 5.12. The van der Waals surface area contributed by atoms with E-state index in [4.69, 9.17) is 9.47 Å². The van der Waals surface area contributed by atoms with Gasteiger partial charge in [-0.05, 0) is 49.1 Å². The van der Waals surface area contributed by atoms with Gasteiger partial charge in [0.15, 0.2) is 5.78 Å². The van der Waals surface area contributed by atoms with Crippen molar-refractivity contribution in [3.8, 4) is 5.75 Å². The Morgan fingerprint density at radius 2 is 1.75 bits per heavy atom. The fourth-order valence-corrected chi connectivity index (χ4v) is 3.50. The number of carbonyl (C=O) groups is 2.